The maximum absolute atomic E-state index is 11.7. The first-order valence-corrected chi connectivity index (χ1v) is 11.5. The molecule has 7 heteroatoms. The zero-order chi connectivity index (χ0) is 22.1. The summed E-state index contributed by atoms with van der Waals surface area (Å²) in [6.07, 6.45) is 7.64. The van der Waals surface area contributed by atoms with Gasteiger partial charge in [0.1, 0.15) is 17.6 Å². The van der Waals surface area contributed by atoms with Crippen LogP contribution in [0.4, 0.5) is 0 Å². The average Bonchev–Trinajstić information content (AvgIpc) is 3.44. The molecule has 0 spiro atoms. The lowest BCUT2D eigenvalue weighted by Gasteiger charge is -2.36. The highest BCUT2D eigenvalue weighted by atomic mass is 32.1. The van der Waals surface area contributed by atoms with Crippen molar-refractivity contribution in [3.8, 4) is 11.3 Å². The molecule has 1 saturated carbocycles. The zero-order valence-corrected chi connectivity index (χ0v) is 18.4. The number of nitrogens with one attached hydrogen (secondary N) is 1. The summed E-state index contributed by atoms with van der Waals surface area (Å²) in [7, 11) is 0. The lowest BCUT2D eigenvalue weighted by Crippen LogP contribution is -2.40. The van der Waals surface area contributed by atoms with Gasteiger partial charge in [0.15, 0.2) is 5.11 Å². The van der Waals surface area contributed by atoms with E-state index in [0.717, 1.165) is 29.4 Å². The predicted molar refractivity (Wildman–Crippen MR) is 125 cm³/mol. The molecule has 3 heterocycles. The van der Waals surface area contributed by atoms with Crippen LogP contribution in [0.5, 0.6) is 0 Å². The molecular weight excluding hydrogens is 422 g/mol. The summed E-state index contributed by atoms with van der Waals surface area (Å²) >= 11 is 5.80. The van der Waals surface area contributed by atoms with Crippen LogP contribution in [0, 0.1) is 0 Å². The number of benzene rings is 1. The van der Waals surface area contributed by atoms with Gasteiger partial charge < -0.3 is 19.7 Å². The molecule has 2 fully saturated rings. The number of rotatable bonds is 5. The first kappa shape index (κ1) is 20.7. The molecule has 2 aliphatic rings. The Balaban J connectivity index is 1.56. The fourth-order valence-corrected chi connectivity index (χ4v) is 5.35. The summed E-state index contributed by atoms with van der Waals surface area (Å²) in [5, 5.41) is 13.8. The van der Waals surface area contributed by atoms with Gasteiger partial charge in [0.2, 0.25) is 0 Å². The van der Waals surface area contributed by atoms with Crippen molar-refractivity contribution in [2.24, 2.45) is 0 Å². The van der Waals surface area contributed by atoms with Crippen LogP contribution >= 0.6 is 12.2 Å². The van der Waals surface area contributed by atoms with E-state index in [1.54, 1.807) is 24.4 Å². The molecule has 164 valence electrons. The third-order valence-corrected chi connectivity index (χ3v) is 6.77. The van der Waals surface area contributed by atoms with E-state index in [1.165, 1.54) is 19.3 Å². The van der Waals surface area contributed by atoms with E-state index in [4.69, 9.17) is 16.6 Å². The summed E-state index contributed by atoms with van der Waals surface area (Å²) < 4.78 is 6.33. The van der Waals surface area contributed by atoms with Crippen LogP contribution in [0.1, 0.15) is 66.0 Å². The van der Waals surface area contributed by atoms with Crippen LogP contribution in [-0.4, -0.2) is 32.1 Å². The Bertz CT molecular complexity index is 1120. The monoisotopic (exact) mass is 447 g/mol. The van der Waals surface area contributed by atoms with E-state index >= 15 is 0 Å². The smallest absolute Gasteiger partial charge is 0.336 e. The molecule has 1 saturated heterocycles. The molecule has 1 aliphatic carbocycles. The van der Waals surface area contributed by atoms with Crippen molar-refractivity contribution in [2.75, 3.05) is 0 Å². The van der Waals surface area contributed by atoms with Crippen LogP contribution in [-0.2, 0) is 0 Å². The Hall–Kier alpha value is -3.19. The second-order valence-corrected chi connectivity index (χ2v) is 8.77. The molecule has 6 nitrogen and oxygen atoms in total. The lowest BCUT2D eigenvalue weighted by molar-refractivity contribution is 0.0697. The molecule has 32 heavy (non-hydrogen) atoms. The van der Waals surface area contributed by atoms with Crippen LogP contribution in [0.3, 0.4) is 0 Å². The number of carboxylic acid groups (broad SMARTS) is 1. The Kier molecular flexibility index (Phi) is 5.66. The predicted octanol–water partition coefficient (Wildman–Crippen LogP) is 5.35. The number of carboxylic acids is 1. The van der Waals surface area contributed by atoms with Gasteiger partial charge in [-0.1, -0.05) is 43.5 Å². The number of carbonyl (C=O) groups is 1. The second kappa shape index (κ2) is 8.74. The van der Waals surface area contributed by atoms with Crippen LogP contribution in [0.15, 0.2) is 65.2 Å². The van der Waals surface area contributed by atoms with Gasteiger partial charge in [0.25, 0.3) is 0 Å². The highest BCUT2D eigenvalue weighted by molar-refractivity contribution is 7.80. The highest BCUT2D eigenvalue weighted by Gasteiger charge is 2.44. The number of nitrogens with zero attached hydrogens (tertiary/aromatic N) is 2. The van der Waals surface area contributed by atoms with Crippen molar-refractivity contribution >= 4 is 23.3 Å². The highest BCUT2D eigenvalue weighted by Crippen LogP contribution is 2.43. The fraction of sp³-hybridized carbons (Fsp3) is 0.320. The second-order valence-electron chi connectivity index (χ2n) is 8.38. The number of pyridine rings is 1. The Morgan fingerprint density at radius 3 is 2.59 bits per heavy atom. The molecule has 2 atom stereocenters. The number of aromatic nitrogens is 1. The van der Waals surface area contributed by atoms with Crippen molar-refractivity contribution < 1.29 is 14.3 Å². The van der Waals surface area contributed by atoms with Gasteiger partial charge in [-0.05, 0) is 55.4 Å². The Morgan fingerprint density at radius 1 is 1.06 bits per heavy atom. The van der Waals surface area contributed by atoms with Crippen LogP contribution in [0.2, 0.25) is 0 Å². The van der Waals surface area contributed by atoms with Crippen molar-refractivity contribution in [3.05, 3.63) is 77.8 Å². The van der Waals surface area contributed by atoms with Crippen molar-refractivity contribution in [1.82, 2.24) is 15.2 Å². The average molecular weight is 448 g/mol. The van der Waals surface area contributed by atoms with Gasteiger partial charge in [0, 0.05) is 17.8 Å². The number of hydrogen-bond donors (Lipinski definition) is 2. The number of thiocarbonyl (C=S) groups is 1. The number of hydrogen-bond acceptors (Lipinski definition) is 4. The summed E-state index contributed by atoms with van der Waals surface area (Å²) in [6.45, 7) is 0. The summed E-state index contributed by atoms with van der Waals surface area (Å²) in [6, 6.07) is 16.7. The quantitative estimate of drug-likeness (QED) is 0.511. The molecule has 3 aromatic rings. The summed E-state index contributed by atoms with van der Waals surface area (Å²) in [4.78, 5) is 18.6. The SMILES string of the molecule is O=C(O)c1ccccc1-c1ccc([C@@H]2[C@H](c3ccccn3)NC(=S)N2C2CCCCC2)o1. The van der Waals surface area contributed by atoms with Gasteiger partial charge in [-0.25, -0.2) is 4.79 Å². The topological polar surface area (TPSA) is 78.6 Å². The van der Waals surface area contributed by atoms with E-state index in [9.17, 15) is 9.90 Å². The molecule has 2 aromatic heterocycles. The number of furan rings is 1. The third-order valence-electron chi connectivity index (χ3n) is 6.44. The maximum Gasteiger partial charge on any atom is 0.336 e. The van der Waals surface area contributed by atoms with Gasteiger partial charge >= 0.3 is 5.97 Å². The zero-order valence-electron chi connectivity index (χ0n) is 17.6. The molecule has 0 unspecified atom stereocenters. The minimum atomic E-state index is -0.975. The minimum Gasteiger partial charge on any atom is -0.478 e. The molecule has 0 bridgehead atoms. The Morgan fingerprint density at radius 2 is 1.84 bits per heavy atom. The van der Waals surface area contributed by atoms with E-state index in [0.29, 0.717) is 17.4 Å². The first-order chi connectivity index (χ1) is 15.6. The Labute approximate surface area is 192 Å². The lowest BCUT2D eigenvalue weighted by atomic mass is 9.92. The molecule has 1 aromatic carbocycles. The van der Waals surface area contributed by atoms with Gasteiger partial charge in [0.05, 0.1) is 17.3 Å². The largest absolute Gasteiger partial charge is 0.478 e. The van der Waals surface area contributed by atoms with Crippen molar-refractivity contribution in [2.45, 2.75) is 50.2 Å². The third kappa shape index (κ3) is 3.77. The maximum atomic E-state index is 11.7. The van der Waals surface area contributed by atoms with E-state index in [1.807, 2.05) is 36.4 Å². The number of aromatic carboxylic acids is 1. The summed E-state index contributed by atoms with van der Waals surface area (Å²) in [5.41, 5.74) is 1.69. The first-order valence-electron chi connectivity index (χ1n) is 11.1. The van der Waals surface area contributed by atoms with Crippen LogP contribution < -0.4 is 5.32 Å². The molecule has 0 radical (unpaired) electrons. The summed E-state index contributed by atoms with van der Waals surface area (Å²) in [5.74, 6) is 0.324. The molecule has 2 N–H and O–H groups in total. The fourth-order valence-electron chi connectivity index (χ4n) is 4.96. The molecular formula is C25H25N3O3S. The van der Waals surface area contributed by atoms with Crippen molar-refractivity contribution in [1.29, 1.82) is 0 Å². The molecule has 0 amide bonds. The van der Waals surface area contributed by atoms with Gasteiger partial charge in [-0.2, -0.15) is 0 Å². The minimum absolute atomic E-state index is 0.139. The van der Waals surface area contributed by atoms with Crippen molar-refractivity contribution in [3.63, 3.8) is 0 Å². The molecule has 1 aliphatic heterocycles. The van der Waals surface area contributed by atoms with E-state index < -0.39 is 5.97 Å². The molecule has 5 rings (SSSR count). The standard InChI is InChI=1S/C25H25N3O3S/c29-24(30)18-11-5-4-10-17(18)20-13-14-21(31-20)23-22(19-12-6-7-15-26-19)27-25(32)28(23)16-8-2-1-3-9-16/h4-7,10-16,22-23H,1-3,8-9H2,(H,27,32)(H,29,30)/t22-,23+/m0/s1. The van der Waals surface area contributed by atoms with Gasteiger partial charge in [-0.15, -0.1) is 0 Å². The normalized spacial score (nSPS) is 21.5. The van der Waals surface area contributed by atoms with Crippen LogP contribution in [0.25, 0.3) is 11.3 Å². The van der Waals surface area contributed by atoms with Gasteiger partial charge in [-0.3, -0.25) is 4.98 Å². The van der Waals surface area contributed by atoms with E-state index in [2.05, 4.69) is 15.2 Å². The van der Waals surface area contributed by atoms with E-state index in [-0.39, 0.29) is 17.6 Å².